The largest absolute Gasteiger partial charge is 0.330 e. The Labute approximate surface area is 93.2 Å². The molecule has 1 rings (SSSR count). The second-order valence-corrected chi connectivity index (χ2v) is 5.50. The molecule has 0 saturated heterocycles. The minimum atomic E-state index is -3.53. The van der Waals surface area contributed by atoms with Crippen LogP contribution < -0.4 is 5.73 Å². The summed E-state index contributed by atoms with van der Waals surface area (Å²) in [6.45, 7) is 0.410. The number of nitrogens with two attached hydrogens (primary N) is 1. The van der Waals surface area contributed by atoms with Crippen LogP contribution in [0.4, 0.5) is 8.78 Å². The zero-order valence-corrected chi connectivity index (χ0v) is 9.43. The van der Waals surface area contributed by atoms with Gasteiger partial charge in [-0.3, -0.25) is 0 Å². The molecule has 0 unspecified atom stereocenters. The monoisotopic (exact) mass is 249 g/mol. The van der Waals surface area contributed by atoms with Crippen molar-refractivity contribution in [2.45, 2.75) is 17.7 Å². The van der Waals surface area contributed by atoms with E-state index in [0.717, 1.165) is 12.1 Å². The third-order valence-electron chi connectivity index (χ3n) is 2.12. The summed E-state index contributed by atoms with van der Waals surface area (Å²) in [5.74, 6) is -2.31. The summed E-state index contributed by atoms with van der Waals surface area (Å²) in [7, 11) is -3.53. The SMILES string of the molecule is NCCCCS(=O)(=O)c1ccc(F)c(F)c1. The third kappa shape index (κ3) is 3.24. The molecule has 0 radical (unpaired) electrons. The first-order valence-electron chi connectivity index (χ1n) is 4.85. The van der Waals surface area contributed by atoms with Crippen molar-refractivity contribution in [3.8, 4) is 0 Å². The Hall–Kier alpha value is -1.01. The number of halogens is 2. The Bertz CT molecular complexity index is 460. The van der Waals surface area contributed by atoms with E-state index in [4.69, 9.17) is 5.73 Å². The maximum Gasteiger partial charge on any atom is 0.178 e. The van der Waals surface area contributed by atoms with E-state index in [1.807, 2.05) is 0 Å². The van der Waals surface area contributed by atoms with E-state index in [1.165, 1.54) is 0 Å². The van der Waals surface area contributed by atoms with Crippen LogP contribution >= 0.6 is 0 Å². The number of benzene rings is 1. The topological polar surface area (TPSA) is 60.2 Å². The van der Waals surface area contributed by atoms with Crippen molar-refractivity contribution in [3.05, 3.63) is 29.8 Å². The van der Waals surface area contributed by atoms with Gasteiger partial charge in [0.05, 0.1) is 10.6 Å². The summed E-state index contributed by atoms with van der Waals surface area (Å²) in [6, 6.07) is 2.58. The van der Waals surface area contributed by atoms with Crippen molar-refractivity contribution >= 4 is 9.84 Å². The Morgan fingerprint density at radius 1 is 1.12 bits per heavy atom. The van der Waals surface area contributed by atoms with E-state index >= 15 is 0 Å². The standard InChI is InChI=1S/C10H13F2NO2S/c11-9-4-3-8(7-10(9)12)16(14,15)6-2-1-5-13/h3-4,7H,1-2,5-6,13H2. The lowest BCUT2D eigenvalue weighted by Crippen LogP contribution is -2.09. The molecule has 2 N–H and O–H groups in total. The zero-order chi connectivity index (χ0) is 12.2. The summed E-state index contributed by atoms with van der Waals surface area (Å²) >= 11 is 0. The molecule has 0 atom stereocenters. The van der Waals surface area contributed by atoms with Gasteiger partial charge >= 0.3 is 0 Å². The predicted molar refractivity (Wildman–Crippen MR) is 56.7 cm³/mol. The normalized spacial score (nSPS) is 11.7. The average molecular weight is 249 g/mol. The smallest absolute Gasteiger partial charge is 0.178 e. The van der Waals surface area contributed by atoms with Crippen molar-refractivity contribution in [1.82, 2.24) is 0 Å². The molecule has 0 bridgehead atoms. The van der Waals surface area contributed by atoms with Gasteiger partial charge in [-0.15, -0.1) is 0 Å². The van der Waals surface area contributed by atoms with E-state index in [-0.39, 0.29) is 10.6 Å². The summed E-state index contributed by atoms with van der Waals surface area (Å²) in [5, 5.41) is 0. The van der Waals surface area contributed by atoms with Gasteiger partial charge in [0.2, 0.25) is 0 Å². The van der Waals surface area contributed by atoms with Crippen LogP contribution in [0, 0.1) is 11.6 Å². The van der Waals surface area contributed by atoms with Crippen LogP contribution in [-0.4, -0.2) is 20.7 Å². The Morgan fingerprint density at radius 2 is 1.81 bits per heavy atom. The van der Waals surface area contributed by atoms with Gasteiger partial charge in [-0.2, -0.15) is 0 Å². The number of hydrogen-bond acceptors (Lipinski definition) is 3. The number of hydrogen-bond donors (Lipinski definition) is 1. The molecule has 0 aliphatic carbocycles. The lowest BCUT2D eigenvalue weighted by molar-refractivity contribution is 0.504. The molecule has 1 aromatic carbocycles. The van der Waals surface area contributed by atoms with E-state index in [9.17, 15) is 17.2 Å². The van der Waals surface area contributed by atoms with Crippen LogP contribution in [0.5, 0.6) is 0 Å². The molecular formula is C10H13F2NO2S. The molecule has 3 nitrogen and oxygen atoms in total. The molecule has 90 valence electrons. The fourth-order valence-electron chi connectivity index (χ4n) is 1.22. The highest BCUT2D eigenvalue weighted by molar-refractivity contribution is 7.91. The molecule has 0 aliphatic heterocycles. The average Bonchev–Trinajstić information content (AvgIpc) is 2.22. The van der Waals surface area contributed by atoms with Crippen molar-refractivity contribution in [1.29, 1.82) is 0 Å². The Kier molecular flexibility index (Phi) is 4.37. The highest BCUT2D eigenvalue weighted by Crippen LogP contribution is 2.16. The van der Waals surface area contributed by atoms with Gasteiger partial charge in [-0.25, -0.2) is 17.2 Å². The van der Waals surface area contributed by atoms with Crippen LogP contribution in [0.3, 0.4) is 0 Å². The maximum absolute atomic E-state index is 12.8. The van der Waals surface area contributed by atoms with Crippen LogP contribution in [-0.2, 0) is 9.84 Å². The number of unbranched alkanes of at least 4 members (excludes halogenated alkanes) is 1. The molecule has 0 amide bonds. The molecule has 0 spiro atoms. The molecule has 6 heteroatoms. The summed E-state index contributed by atoms with van der Waals surface area (Å²) in [6.07, 6.45) is 1.00. The highest BCUT2D eigenvalue weighted by atomic mass is 32.2. The summed E-state index contributed by atoms with van der Waals surface area (Å²) < 4.78 is 48.7. The zero-order valence-electron chi connectivity index (χ0n) is 8.62. The quantitative estimate of drug-likeness (QED) is 0.635. The molecule has 16 heavy (non-hydrogen) atoms. The lowest BCUT2D eigenvalue weighted by Gasteiger charge is -2.04. The number of sulfone groups is 1. The van der Waals surface area contributed by atoms with Crippen LogP contribution in [0.1, 0.15) is 12.8 Å². The van der Waals surface area contributed by atoms with Crippen molar-refractivity contribution in [3.63, 3.8) is 0 Å². The van der Waals surface area contributed by atoms with Crippen LogP contribution in [0.15, 0.2) is 23.1 Å². The second kappa shape index (κ2) is 5.36. The molecule has 0 fully saturated rings. The molecule has 0 saturated carbocycles. The molecule has 0 heterocycles. The predicted octanol–water partition coefficient (Wildman–Crippen LogP) is 1.48. The van der Waals surface area contributed by atoms with Crippen LogP contribution in [0.25, 0.3) is 0 Å². The fourth-order valence-corrected chi connectivity index (χ4v) is 2.60. The van der Waals surface area contributed by atoms with E-state index < -0.39 is 21.5 Å². The summed E-state index contributed by atoms with van der Waals surface area (Å²) in [5.41, 5.74) is 5.24. The second-order valence-electron chi connectivity index (χ2n) is 3.39. The molecule has 1 aromatic rings. The van der Waals surface area contributed by atoms with Gasteiger partial charge in [0.15, 0.2) is 21.5 Å². The highest BCUT2D eigenvalue weighted by Gasteiger charge is 2.15. The molecule has 0 aromatic heterocycles. The molecule has 0 aliphatic rings. The molecular weight excluding hydrogens is 236 g/mol. The minimum Gasteiger partial charge on any atom is -0.330 e. The van der Waals surface area contributed by atoms with Crippen molar-refractivity contribution < 1.29 is 17.2 Å². The van der Waals surface area contributed by atoms with Gasteiger partial charge in [-0.05, 0) is 37.6 Å². The third-order valence-corrected chi connectivity index (χ3v) is 3.92. The first-order chi connectivity index (χ1) is 7.47. The van der Waals surface area contributed by atoms with Crippen molar-refractivity contribution in [2.75, 3.05) is 12.3 Å². The summed E-state index contributed by atoms with van der Waals surface area (Å²) in [4.78, 5) is -0.191. The van der Waals surface area contributed by atoms with Gasteiger partial charge in [-0.1, -0.05) is 0 Å². The van der Waals surface area contributed by atoms with E-state index in [2.05, 4.69) is 0 Å². The van der Waals surface area contributed by atoms with Crippen LogP contribution in [0.2, 0.25) is 0 Å². The van der Waals surface area contributed by atoms with E-state index in [1.54, 1.807) is 0 Å². The van der Waals surface area contributed by atoms with Gasteiger partial charge < -0.3 is 5.73 Å². The maximum atomic E-state index is 12.8. The lowest BCUT2D eigenvalue weighted by atomic mass is 10.3. The van der Waals surface area contributed by atoms with E-state index in [0.29, 0.717) is 25.5 Å². The van der Waals surface area contributed by atoms with Gasteiger partial charge in [0, 0.05) is 0 Å². The van der Waals surface area contributed by atoms with Gasteiger partial charge in [0.1, 0.15) is 0 Å². The Morgan fingerprint density at radius 3 is 2.38 bits per heavy atom. The first-order valence-corrected chi connectivity index (χ1v) is 6.50. The number of rotatable bonds is 5. The van der Waals surface area contributed by atoms with Crippen molar-refractivity contribution in [2.24, 2.45) is 5.73 Å². The fraction of sp³-hybridized carbons (Fsp3) is 0.400. The Balaban J connectivity index is 2.86. The minimum absolute atomic E-state index is 0.102. The van der Waals surface area contributed by atoms with Gasteiger partial charge in [0.25, 0.3) is 0 Å². The first kappa shape index (κ1) is 13.1.